The summed E-state index contributed by atoms with van der Waals surface area (Å²) in [5.74, 6) is -1.15. The number of rotatable bonds is 3. The molecule has 0 aliphatic rings. The number of fused-ring (bicyclic) bond motifs is 3. The van der Waals surface area contributed by atoms with Gasteiger partial charge in [0.1, 0.15) is 5.75 Å². The van der Waals surface area contributed by atoms with Gasteiger partial charge in [-0.15, -0.1) is 0 Å². The number of ether oxygens (including phenoxy) is 1. The Balaban J connectivity index is 1.72. The minimum atomic E-state index is -1.02. The summed E-state index contributed by atoms with van der Waals surface area (Å²) in [6.07, 6.45) is 0. The first-order valence-corrected chi connectivity index (χ1v) is 10.2. The minimum Gasteiger partial charge on any atom is -0.478 e. The van der Waals surface area contributed by atoms with Crippen molar-refractivity contribution in [2.45, 2.75) is 13.8 Å². The molecular formula is C27H19NO4. The number of hydrogen-bond acceptors (Lipinski definition) is 4. The molecule has 0 amide bonds. The van der Waals surface area contributed by atoms with Crippen LogP contribution >= 0.6 is 0 Å². The average Bonchev–Trinajstić information content (AvgIpc) is 2.78. The molecule has 0 aliphatic heterocycles. The van der Waals surface area contributed by atoms with E-state index in [0.717, 1.165) is 10.8 Å². The summed E-state index contributed by atoms with van der Waals surface area (Å²) < 4.78 is 5.87. The number of nitrogens with zero attached hydrogens (tertiary/aromatic N) is 1. The second-order valence-corrected chi connectivity index (χ2v) is 7.85. The SMILES string of the molecule is Cc1cc(C(=O)O)cc(C)c1OC(=O)c1c2ccccc2nc2cc3ccccc3cc12. The summed E-state index contributed by atoms with van der Waals surface area (Å²) in [4.78, 5) is 29.7. The number of carbonyl (C=O) groups is 2. The van der Waals surface area contributed by atoms with Crippen molar-refractivity contribution < 1.29 is 19.4 Å². The molecule has 1 heterocycles. The number of aromatic nitrogens is 1. The number of hydrogen-bond donors (Lipinski definition) is 1. The van der Waals surface area contributed by atoms with Crippen molar-refractivity contribution in [3.05, 3.63) is 95.1 Å². The van der Waals surface area contributed by atoms with Crippen LogP contribution in [0.1, 0.15) is 31.8 Å². The Morgan fingerprint density at radius 3 is 2.09 bits per heavy atom. The first kappa shape index (κ1) is 19.7. The van der Waals surface area contributed by atoms with Crippen molar-refractivity contribution in [1.29, 1.82) is 0 Å². The molecular weight excluding hydrogens is 402 g/mol. The first-order chi connectivity index (χ1) is 15.4. The first-order valence-electron chi connectivity index (χ1n) is 10.2. The molecule has 0 bridgehead atoms. The Morgan fingerprint density at radius 2 is 1.41 bits per heavy atom. The molecule has 5 rings (SSSR count). The topological polar surface area (TPSA) is 76.5 Å². The van der Waals surface area contributed by atoms with Crippen LogP contribution < -0.4 is 4.74 Å². The summed E-state index contributed by atoms with van der Waals surface area (Å²) in [6.45, 7) is 3.47. The van der Waals surface area contributed by atoms with Gasteiger partial charge in [-0.1, -0.05) is 42.5 Å². The molecule has 0 spiro atoms. The van der Waals surface area contributed by atoms with Crippen LogP contribution in [0.4, 0.5) is 0 Å². The van der Waals surface area contributed by atoms with E-state index in [4.69, 9.17) is 9.72 Å². The van der Waals surface area contributed by atoms with E-state index < -0.39 is 11.9 Å². The smallest absolute Gasteiger partial charge is 0.344 e. The monoisotopic (exact) mass is 421 g/mol. The zero-order valence-corrected chi connectivity index (χ0v) is 17.5. The van der Waals surface area contributed by atoms with Gasteiger partial charge in [-0.3, -0.25) is 0 Å². The Labute approximate surface area is 183 Å². The number of pyridine rings is 1. The summed E-state index contributed by atoms with van der Waals surface area (Å²) in [7, 11) is 0. The van der Waals surface area contributed by atoms with Crippen molar-refractivity contribution in [2.24, 2.45) is 0 Å². The van der Waals surface area contributed by atoms with Crippen LogP contribution in [-0.4, -0.2) is 22.0 Å². The molecule has 0 saturated carbocycles. The predicted molar refractivity (Wildman–Crippen MR) is 125 cm³/mol. The lowest BCUT2D eigenvalue weighted by molar-refractivity contribution is 0.0696. The molecule has 156 valence electrons. The van der Waals surface area contributed by atoms with Crippen LogP contribution in [-0.2, 0) is 0 Å². The van der Waals surface area contributed by atoms with E-state index >= 15 is 0 Å². The summed E-state index contributed by atoms with van der Waals surface area (Å²) in [5.41, 5.74) is 3.19. The standard InChI is InChI=1S/C27H19NO4/c1-15-11-19(26(29)30)12-16(2)25(15)32-27(31)24-20-9-5-6-10-22(20)28-23-14-18-8-4-3-7-17(18)13-21(23)24/h3-14H,1-2H3,(H,29,30). The predicted octanol–water partition coefficient (Wildman–Crippen LogP) is 6.08. The lowest BCUT2D eigenvalue weighted by Gasteiger charge is -2.14. The van der Waals surface area contributed by atoms with Crippen LogP contribution in [0, 0.1) is 13.8 Å². The quantitative estimate of drug-likeness (QED) is 0.217. The van der Waals surface area contributed by atoms with Crippen molar-refractivity contribution in [1.82, 2.24) is 4.98 Å². The molecule has 5 aromatic rings. The molecule has 4 aromatic carbocycles. The molecule has 0 fully saturated rings. The van der Waals surface area contributed by atoms with E-state index in [1.807, 2.05) is 60.7 Å². The summed E-state index contributed by atoms with van der Waals surface area (Å²) in [5, 5.41) is 12.8. The normalized spacial score (nSPS) is 11.2. The van der Waals surface area contributed by atoms with Gasteiger partial charge in [-0.2, -0.15) is 0 Å². The van der Waals surface area contributed by atoms with Gasteiger partial charge in [0, 0.05) is 10.8 Å². The lowest BCUT2D eigenvalue weighted by Crippen LogP contribution is -2.13. The largest absolute Gasteiger partial charge is 0.478 e. The molecule has 0 unspecified atom stereocenters. The number of carbonyl (C=O) groups excluding carboxylic acids is 1. The van der Waals surface area contributed by atoms with Crippen LogP contribution in [0.25, 0.3) is 32.6 Å². The zero-order valence-electron chi connectivity index (χ0n) is 17.5. The van der Waals surface area contributed by atoms with E-state index in [-0.39, 0.29) is 5.56 Å². The summed E-state index contributed by atoms with van der Waals surface area (Å²) in [6, 6.07) is 22.4. The lowest BCUT2D eigenvalue weighted by atomic mass is 9.99. The molecule has 5 nitrogen and oxygen atoms in total. The maximum atomic E-state index is 13.5. The molecule has 1 N–H and O–H groups in total. The maximum absolute atomic E-state index is 13.5. The highest BCUT2D eigenvalue weighted by molar-refractivity contribution is 6.17. The Bertz CT molecular complexity index is 1540. The fraction of sp³-hybridized carbons (Fsp3) is 0.0741. The van der Waals surface area contributed by atoms with E-state index in [2.05, 4.69) is 0 Å². The van der Waals surface area contributed by atoms with Gasteiger partial charge in [0.25, 0.3) is 0 Å². The second kappa shape index (κ2) is 7.46. The van der Waals surface area contributed by atoms with E-state index in [1.54, 1.807) is 13.8 Å². The van der Waals surface area contributed by atoms with E-state index in [1.165, 1.54) is 12.1 Å². The van der Waals surface area contributed by atoms with Crippen LogP contribution in [0.5, 0.6) is 5.75 Å². The highest BCUT2D eigenvalue weighted by Crippen LogP contribution is 2.32. The zero-order chi connectivity index (χ0) is 22.4. The van der Waals surface area contributed by atoms with Crippen LogP contribution in [0.2, 0.25) is 0 Å². The van der Waals surface area contributed by atoms with Gasteiger partial charge in [0.05, 0.1) is 22.2 Å². The van der Waals surface area contributed by atoms with E-state index in [0.29, 0.717) is 44.2 Å². The fourth-order valence-electron chi connectivity index (χ4n) is 4.18. The minimum absolute atomic E-state index is 0.158. The number of esters is 1. The number of aromatic carboxylic acids is 1. The van der Waals surface area contributed by atoms with Gasteiger partial charge in [-0.25, -0.2) is 14.6 Å². The van der Waals surface area contributed by atoms with Gasteiger partial charge < -0.3 is 9.84 Å². The van der Waals surface area contributed by atoms with Gasteiger partial charge in [0.2, 0.25) is 0 Å². The third-order valence-corrected chi connectivity index (χ3v) is 5.65. The Hall–Kier alpha value is -4.25. The van der Waals surface area contributed by atoms with E-state index in [9.17, 15) is 14.7 Å². The molecule has 1 aromatic heterocycles. The molecule has 0 atom stereocenters. The number of para-hydroxylation sites is 1. The Morgan fingerprint density at radius 1 is 0.781 bits per heavy atom. The van der Waals surface area contributed by atoms with Gasteiger partial charge >= 0.3 is 11.9 Å². The van der Waals surface area contributed by atoms with Crippen molar-refractivity contribution in [3.8, 4) is 5.75 Å². The number of carboxylic acid groups (broad SMARTS) is 1. The number of carboxylic acids is 1. The highest BCUT2D eigenvalue weighted by Gasteiger charge is 2.21. The van der Waals surface area contributed by atoms with Gasteiger partial charge in [0.15, 0.2) is 0 Å². The third-order valence-electron chi connectivity index (χ3n) is 5.65. The van der Waals surface area contributed by atoms with Gasteiger partial charge in [-0.05, 0) is 66.1 Å². The molecule has 32 heavy (non-hydrogen) atoms. The van der Waals surface area contributed by atoms with Crippen LogP contribution in [0.3, 0.4) is 0 Å². The fourth-order valence-corrected chi connectivity index (χ4v) is 4.18. The molecule has 0 saturated heterocycles. The third kappa shape index (κ3) is 3.24. The van der Waals surface area contributed by atoms with Crippen molar-refractivity contribution >= 4 is 44.5 Å². The van der Waals surface area contributed by atoms with Crippen molar-refractivity contribution in [2.75, 3.05) is 0 Å². The summed E-state index contributed by atoms with van der Waals surface area (Å²) >= 11 is 0. The molecule has 0 radical (unpaired) electrons. The van der Waals surface area contributed by atoms with Crippen molar-refractivity contribution in [3.63, 3.8) is 0 Å². The molecule has 5 heteroatoms. The second-order valence-electron chi connectivity index (χ2n) is 7.85. The highest BCUT2D eigenvalue weighted by atomic mass is 16.5. The van der Waals surface area contributed by atoms with Crippen LogP contribution in [0.15, 0.2) is 72.8 Å². The maximum Gasteiger partial charge on any atom is 0.344 e. The Kier molecular flexibility index (Phi) is 4.59. The average molecular weight is 421 g/mol. The number of benzene rings is 4. The molecule has 0 aliphatic carbocycles. The number of aryl methyl sites for hydroxylation is 2.